The van der Waals surface area contributed by atoms with Crippen molar-refractivity contribution in [2.45, 2.75) is 0 Å². The van der Waals surface area contributed by atoms with E-state index in [1.165, 1.54) is 0 Å². The summed E-state index contributed by atoms with van der Waals surface area (Å²) in [4.78, 5) is 9.38. The van der Waals surface area contributed by atoms with Gasteiger partial charge in [0.1, 0.15) is 0 Å². The van der Waals surface area contributed by atoms with E-state index >= 15 is 0 Å². The van der Waals surface area contributed by atoms with Crippen LogP contribution in [0.1, 0.15) is 0 Å². The summed E-state index contributed by atoms with van der Waals surface area (Å²) in [5.41, 5.74) is 0. The van der Waals surface area contributed by atoms with Gasteiger partial charge in [-0.3, -0.25) is 0 Å². The zero-order chi connectivity index (χ0) is 7.49. The van der Waals surface area contributed by atoms with Gasteiger partial charge in [-0.2, -0.15) is 0 Å². The highest BCUT2D eigenvalue weighted by Crippen LogP contribution is 2.02. The lowest BCUT2D eigenvalue weighted by Crippen LogP contribution is -2.12. The molecule has 54 valence electrons. The van der Waals surface area contributed by atoms with Crippen molar-refractivity contribution in [2.75, 3.05) is 0 Å². The second-order valence-electron chi connectivity index (χ2n) is 0.794. The zero-order valence-corrected chi connectivity index (χ0v) is 5.39. The predicted molar refractivity (Wildman–Crippen MR) is 27.2 cm³/mol. The first-order chi connectivity index (χ1) is 4.00. The predicted octanol–water partition coefficient (Wildman–Crippen LogP) is -0.354. The van der Waals surface area contributed by atoms with Crippen LogP contribution in [0, 0.1) is 10.1 Å². The van der Waals surface area contributed by atoms with E-state index in [0.717, 1.165) is 0 Å². The van der Waals surface area contributed by atoms with Crippen LogP contribution in [0.5, 0.6) is 0 Å². The average Bonchev–Trinajstić information content (AvgIpc) is 1.65. The normalized spacial score (nSPS) is 11.2. The lowest BCUT2D eigenvalue weighted by molar-refractivity contribution is -0.314. The van der Waals surface area contributed by atoms with E-state index in [4.69, 9.17) is 4.55 Å². The van der Waals surface area contributed by atoms with Crippen LogP contribution in [-0.4, -0.2) is 17.3 Å². The maximum atomic E-state index is 9.83. The summed E-state index contributed by atoms with van der Waals surface area (Å²) < 4.78 is 28.9. The number of rotatable bonds is 3. The van der Waals surface area contributed by atoms with Gasteiger partial charge in [-0.1, -0.05) is 0 Å². The van der Waals surface area contributed by atoms with Crippen molar-refractivity contribution in [3.63, 3.8) is 0 Å². The fourth-order valence-corrected chi connectivity index (χ4v) is 0.570. The van der Waals surface area contributed by atoms with Gasteiger partial charge >= 0.3 is 10.3 Å². The van der Waals surface area contributed by atoms with Crippen LogP contribution >= 0.6 is 12.3 Å². The van der Waals surface area contributed by atoms with Crippen molar-refractivity contribution >= 4 is 22.6 Å². The summed E-state index contributed by atoms with van der Waals surface area (Å²) in [6, 6.07) is 0. The van der Waals surface area contributed by atoms with Gasteiger partial charge in [0.2, 0.25) is 0 Å². The molecule has 0 spiro atoms. The van der Waals surface area contributed by atoms with E-state index in [1.54, 1.807) is 0 Å². The number of hydrogen-bond donors (Lipinski definition) is 1. The molecule has 1 N–H and O–H groups in total. The minimum atomic E-state index is -4.81. The van der Waals surface area contributed by atoms with Crippen molar-refractivity contribution in [1.82, 2.24) is 0 Å². The average molecular weight is 175 g/mol. The SMILES string of the molecule is O=[N+]([O-])S(=O)(=O)OSO. The first-order valence-corrected chi connectivity index (χ1v) is 3.46. The van der Waals surface area contributed by atoms with E-state index in [0.29, 0.717) is 0 Å². The van der Waals surface area contributed by atoms with Gasteiger partial charge in [-0.05, 0) is 0 Å². The molecule has 0 amide bonds. The Balaban J connectivity index is 4.23. The molecule has 0 aliphatic carbocycles. The van der Waals surface area contributed by atoms with E-state index in [1.807, 2.05) is 0 Å². The number of nitro groups is 1. The first-order valence-electron chi connectivity index (χ1n) is 1.40. The molecule has 0 radical (unpaired) electrons. The Morgan fingerprint density at radius 1 is 1.67 bits per heavy atom. The lowest BCUT2D eigenvalue weighted by atomic mass is 13.4. The summed E-state index contributed by atoms with van der Waals surface area (Å²) in [7, 11) is -4.81. The smallest absolute Gasteiger partial charge is 0.306 e. The van der Waals surface area contributed by atoms with Crippen LogP contribution in [0.15, 0.2) is 0 Å². The van der Waals surface area contributed by atoms with Crippen molar-refractivity contribution in [3.8, 4) is 0 Å². The van der Waals surface area contributed by atoms with E-state index in [9.17, 15) is 18.5 Å². The standard InChI is InChI=1S/HNO6S2/c2-1(3)9(5,6)7-8-4/h4H. The monoisotopic (exact) mass is 175 g/mol. The van der Waals surface area contributed by atoms with Crippen molar-refractivity contribution < 1.29 is 20.9 Å². The third-order valence-corrected chi connectivity index (χ3v) is 1.60. The highest BCUT2D eigenvalue weighted by Gasteiger charge is 2.25. The Kier molecular flexibility index (Phi) is 2.84. The third-order valence-electron chi connectivity index (χ3n) is 0.299. The van der Waals surface area contributed by atoms with Crippen LogP contribution in [0.2, 0.25) is 0 Å². The van der Waals surface area contributed by atoms with Crippen molar-refractivity contribution in [1.29, 1.82) is 0 Å². The molecular formula is HNO6S2. The van der Waals surface area contributed by atoms with Crippen molar-refractivity contribution in [2.24, 2.45) is 0 Å². The largest absolute Gasteiger partial charge is 0.579 e. The molecular weight excluding hydrogens is 174 g/mol. The maximum Gasteiger partial charge on any atom is 0.579 e. The molecule has 0 atom stereocenters. The second kappa shape index (κ2) is 2.96. The van der Waals surface area contributed by atoms with E-state index in [-0.39, 0.29) is 0 Å². The van der Waals surface area contributed by atoms with Crippen LogP contribution < -0.4 is 0 Å². The number of hydrogen-bond acceptors (Lipinski definition) is 7. The quantitative estimate of drug-likeness (QED) is 0.354. The Morgan fingerprint density at radius 2 is 2.11 bits per heavy atom. The minimum absolute atomic E-state index is 0.593. The molecule has 7 nitrogen and oxygen atoms in total. The molecule has 0 aromatic rings. The molecule has 0 aliphatic heterocycles. The van der Waals surface area contributed by atoms with Gasteiger partial charge in [-0.25, -0.2) is 10.1 Å². The van der Waals surface area contributed by atoms with Gasteiger partial charge < -0.3 is 4.55 Å². The topological polar surface area (TPSA) is 107 Å². The van der Waals surface area contributed by atoms with Crippen LogP contribution in [0.25, 0.3) is 0 Å². The molecule has 0 fully saturated rings. The van der Waals surface area contributed by atoms with Gasteiger partial charge in [0.05, 0.1) is 0 Å². The van der Waals surface area contributed by atoms with Gasteiger partial charge in [0, 0.05) is 0 Å². The molecule has 0 heterocycles. The lowest BCUT2D eigenvalue weighted by Gasteiger charge is -1.86. The summed E-state index contributed by atoms with van der Waals surface area (Å²) in [6.07, 6.45) is 0. The molecule has 0 aromatic carbocycles. The molecule has 0 saturated heterocycles. The van der Waals surface area contributed by atoms with Gasteiger partial charge in [-0.15, -0.1) is 12.0 Å². The van der Waals surface area contributed by atoms with Crippen molar-refractivity contribution in [3.05, 3.63) is 10.1 Å². The summed E-state index contributed by atoms with van der Waals surface area (Å²) >= 11 is -0.593. The molecule has 0 bridgehead atoms. The maximum absolute atomic E-state index is 9.83. The fraction of sp³-hybridized carbons (Fsp3) is 0. The van der Waals surface area contributed by atoms with Crippen LogP contribution in [0.3, 0.4) is 0 Å². The zero-order valence-electron chi connectivity index (χ0n) is 3.75. The molecule has 0 rings (SSSR count). The molecule has 9 heteroatoms. The summed E-state index contributed by atoms with van der Waals surface area (Å²) in [5.74, 6) is 0. The highest BCUT2D eigenvalue weighted by molar-refractivity contribution is 7.98. The van der Waals surface area contributed by atoms with Crippen LogP contribution in [0.4, 0.5) is 0 Å². The number of nitrogens with zero attached hydrogens (tertiary/aromatic N) is 1. The van der Waals surface area contributed by atoms with Gasteiger partial charge in [0.25, 0.3) is 0 Å². The molecule has 0 aliphatic rings. The molecule has 0 unspecified atom stereocenters. The highest BCUT2D eigenvalue weighted by atomic mass is 32.3. The first kappa shape index (κ1) is 8.62. The third kappa shape index (κ3) is 2.60. The second-order valence-corrected chi connectivity index (χ2v) is 2.64. The Hall–Kier alpha value is -0.380. The Morgan fingerprint density at radius 3 is 2.22 bits per heavy atom. The van der Waals surface area contributed by atoms with Gasteiger partial charge in [0.15, 0.2) is 16.7 Å². The summed E-state index contributed by atoms with van der Waals surface area (Å²) in [6.45, 7) is 0. The molecule has 0 aromatic heterocycles. The summed E-state index contributed by atoms with van der Waals surface area (Å²) in [5, 5.41) is 9.38. The fourth-order valence-electron chi connectivity index (χ4n) is 0.0633. The molecule has 0 saturated carbocycles. The minimum Gasteiger partial charge on any atom is -0.306 e. The Bertz CT molecular complexity index is 189. The van der Waals surface area contributed by atoms with E-state index < -0.39 is 27.0 Å². The molecule has 9 heavy (non-hydrogen) atoms. The van der Waals surface area contributed by atoms with Crippen LogP contribution in [-0.2, 0) is 13.9 Å². The van der Waals surface area contributed by atoms with E-state index in [2.05, 4.69) is 3.63 Å². The Labute approximate surface area is 54.4 Å².